The third-order valence-corrected chi connectivity index (χ3v) is 7.47. The van der Waals surface area contributed by atoms with E-state index < -0.39 is 17.9 Å². The largest absolute Gasteiger partial charge is 0.345 e. The van der Waals surface area contributed by atoms with Gasteiger partial charge in [-0.1, -0.05) is 25.4 Å². The molecule has 4 fully saturated rings. The summed E-state index contributed by atoms with van der Waals surface area (Å²) in [5.74, 6) is 0.990. The molecule has 4 aliphatic rings. The highest BCUT2D eigenvalue weighted by atomic mass is 35.5. The molecule has 0 aromatic carbocycles. The van der Waals surface area contributed by atoms with E-state index in [1.165, 1.54) is 25.3 Å². The number of rotatable bonds is 5. The van der Waals surface area contributed by atoms with Gasteiger partial charge in [0.1, 0.15) is 11.7 Å². The summed E-state index contributed by atoms with van der Waals surface area (Å²) in [6.07, 6.45) is 8.23. The summed E-state index contributed by atoms with van der Waals surface area (Å²) in [5, 5.41) is 3.47. The quantitative estimate of drug-likeness (QED) is 0.622. The maximum atomic E-state index is 13.3. The molecule has 4 aliphatic carbocycles. The van der Waals surface area contributed by atoms with Crippen LogP contribution in [0.4, 0.5) is 0 Å². The lowest BCUT2D eigenvalue weighted by Crippen LogP contribution is -2.59. The van der Waals surface area contributed by atoms with E-state index in [0.717, 1.165) is 19.3 Å². The number of hydrogen-bond acceptors (Lipinski definition) is 3. The predicted molar refractivity (Wildman–Crippen MR) is 113 cm³/mol. The first-order valence-electron chi connectivity index (χ1n) is 10.9. The Morgan fingerprint density at radius 1 is 1.07 bits per heavy atom. The fraction of sp³-hybridized carbons (Fsp3) is 0.682. The van der Waals surface area contributed by atoms with Crippen LogP contribution in [-0.2, 0) is 16.6 Å². The molecule has 30 heavy (non-hydrogen) atoms. The van der Waals surface area contributed by atoms with Crippen LogP contribution in [0.1, 0.15) is 62.9 Å². The lowest BCUT2D eigenvalue weighted by molar-refractivity contribution is -0.149. The fourth-order valence-electron chi connectivity index (χ4n) is 6.23. The molecule has 1 aromatic heterocycles. The molecule has 0 spiro atoms. The summed E-state index contributed by atoms with van der Waals surface area (Å²) >= 11 is 5.91. The van der Waals surface area contributed by atoms with Gasteiger partial charge in [-0.2, -0.15) is 0 Å². The van der Waals surface area contributed by atoms with Crippen LogP contribution in [0.2, 0.25) is 5.02 Å². The molecule has 7 nitrogen and oxygen atoms in total. The summed E-state index contributed by atoms with van der Waals surface area (Å²) in [5.41, 5.74) is 4.91. The summed E-state index contributed by atoms with van der Waals surface area (Å²) < 4.78 is 1.58. The van der Waals surface area contributed by atoms with Crippen molar-refractivity contribution < 1.29 is 14.4 Å². The van der Waals surface area contributed by atoms with Crippen LogP contribution in [0.3, 0.4) is 0 Å². The number of amides is 3. The summed E-state index contributed by atoms with van der Waals surface area (Å²) in [4.78, 5) is 38.5. The maximum Gasteiger partial charge on any atom is 0.286 e. The number of nitrogens with one attached hydrogen (secondary N) is 3. The van der Waals surface area contributed by atoms with Crippen LogP contribution >= 0.6 is 11.6 Å². The third kappa shape index (κ3) is 3.96. The zero-order valence-electron chi connectivity index (χ0n) is 17.8. The third-order valence-electron chi connectivity index (χ3n) is 7.26. The highest BCUT2D eigenvalue weighted by Gasteiger charge is 2.55. The average Bonchev–Trinajstić information content (AvgIpc) is 3.00. The Morgan fingerprint density at radius 3 is 2.10 bits per heavy atom. The zero-order valence-corrected chi connectivity index (χ0v) is 18.6. The van der Waals surface area contributed by atoms with Crippen LogP contribution in [0.5, 0.6) is 0 Å². The minimum Gasteiger partial charge on any atom is -0.345 e. The van der Waals surface area contributed by atoms with Crippen molar-refractivity contribution in [2.75, 3.05) is 0 Å². The lowest BCUT2D eigenvalue weighted by atomic mass is 9.49. The average molecular weight is 435 g/mol. The number of hydrazine groups is 1. The van der Waals surface area contributed by atoms with Gasteiger partial charge in [0.2, 0.25) is 5.91 Å². The molecule has 8 heteroatoms. The van der Waals surface area contributed by atoms with E-state index in [1.807, 2.05) is 13.8 Å². The smallest absolute Gasteiger partial charge is 0.286 e. The fourth-order valence-corrected chi connectivity index (χ4v) is 6.48. The van der Waals surface area contributed by atoms with E-state index >= 15 is 0 Å². The highest BCUT2D eigenvalue weighted by Crippen LogP contribution is 2.60. The van der Waals surface area contributed by atoms with Crippen molar-refractivity contribution in [2.24, 2.45) is 36.1 Å². The number of nitrogens with zero attached hydrogens (tertiary/aromatic N) is 1. The molecule has 1 unspecified atom stereocenters. The predicted octanol–water partition coefficient (Wildman–Crippen LogP) is 2.80. The molecule has 1 atom stereocenters. The minimum atomic E-state index is -0.706. The standard InChI is InChI=1S/C22H31ClN4O3/c1-12(2)18(20(29)26-25-19(28)17-7-16(23)11-27(17)3)24-21(30)22-8-13-4-14(9-22)6-15(5-13)10-22/h7,11-15,18H,4-6,8-10H2,1-3H3,(H,24,30)(H,25,28)(H,26,29). The molecule has 3 amide bonds. The minimum absolute atomic E-state index is 0.0102. The number of hydrogen-bond donors (Lipinski definition) is 3. The molecule has 0 saturated heterocycles. The number of aryl methyl sites for hydroxylation is 1. The monoisotopic (exact) mass is 434 g/mol. The molecule has 1 aromatic rings. The van der Waals surface area contributed by atoms with Crippen molar-refractivity contribution in [3.63, 3.8) is 0 Å². The van der Waals surface area contributed by atoms with E-state index in [-0.39, 0.29) is 17.2 Å². The molecule has 0 aliphatic heterocycles. The van der Waals surface area contributed by atoms with Gasteiger partial charge in [0.05, 0.1) is 5.02 Å². The second-order valence-electron chi connectivity index (χ2n) is 9.99. The summed E-state index contributed by atoms with van der Waals surface area (Å²) in [7, 11) is 1.70. The highest BCUT2D eigenvalue weighted by molar-refractivity contribution is 6.31. The van der Waals surface area contributed by atoms with E-state index in [2.05, 4.69) is 16.2 Å². The van der Waals surface area contributed by atoms with Gasteiger partial charge in [-0.3, -0.25) is 25.2 Å². The maximum absolute atomic E-state index is 13.3. The SMILES string of the molecule is CC(C)C(NC(=O)C12CC3CC(CC(C3)C1)C2)C(=O)NNC(=O)c1cc(Cl)cn1C. The molecular formula is C22H31ClN4O3. The summed E-state index contributed by atoms with van der Waals surface area (Å²) in [6, 6.07) is 0.820. The first-order chi connectivity index (χ1) is 14.2. The van der Waals surface area contributed by atoms with Gasteiger partial charge in [0.25, 0.3) is 11.8 Å². The van der Waals surface area contributed by atoms with Crippen LogP contribution < -0.4 is 16.2 Å². The molecule has 5 rings (SSSR count). The van der Waals surface area contributed by atoms with Crippen molar-refractivity contribution in [2.45, 2.75) is 58.4 Å². The van der Waals surface area contributed by atoms with Crippen LogP contribution in [-0.4, -0.2) is 28.3 Å². The van der Waals surface area contributed by atoms with Gasteiger partial charge < -0.3 is 9.88 Å². The van der Waals surface area contributed by atoms with Crippen molar-refractivity contribution in [1.82, 2.24) is 20.7 Å². The molecule has 1 heterocycles. The number of aromatic nitrogens is 1. The van der Waals surface area contributed by atoms with Crippen molar-refractivity contribution >= 4 is 29.3 Å². The van der Waals surface area contributed by atoms with Gasteiger partial charge in [-0.25, -0.2) is 0 Å². The molecule has 164 valence electrons. The summed E-state index contributed by atoms with van der Waals surface area (Å²) in [6.45, 7) is 3.78. The Kier molecular flexibility index (Phi) is 5.60. The molecule has 4 bridgehead atoms. The first-order valence-corrected chi connectivity index (χ1v) is 11.3. The second-order valence-corrected chi connectivity index (χ2v) is 10.4. The normalized spacial score (nSPS) is 30.2. The Morgan fingerprint density at radius 2 is 1.63 bits per heavy atom. The Hall–Kier alpha value is -2.02. The lowest BCUT2D eigenvalue weighted by Gasteiger charge is -2.55. The van der Waals surface area contributed by atoms with Crippen LogP contribution in [0, 0.1) is 29.1 Å². The van der Waals surface area contributed by atoms with Gasteiger partial charge >= 0.3 is 0 Å². The van der Waals surface area contributed by atoms with Gasteiger partial charge in [-0.15, -0.1) is 0 Å². The topological polar surface area (TPSA) is 92.2 Å². The van der Waals surface area contributed by atoms with E-state index in [1.54, 1.807) is 17.8 Å². The van der Waals surface area contributed by atoms with E-state index in [4.69, 9.17) is 11.6 Å². The molecule has 0 radical (unpaired) electrons. The first kappa shape index (κ1) is 21.2. The van der Waals surface area contributed by atoms with Gasteiger partial charge in [-0.05, 0) is 68.3 Å². The van der Waals surface area contributed by atoms with Crippen molar-refractivity contribution in [1.29, 1.82) is 0 Å². The molecule has 4 saturated carbocycles. The Bertz CT molecular complexity index is 827. The second kappa shape index (κ2) is 7.91. The number of halogens is 1. The number of carbonyl (C=O) groups excluding carboxylic acids is 3. The molecule has 3 N–H and O–H groups in total. The van der Waals surface area contributed by atoms with Gasteiger partial charge in [0, 0.05) is 18.7 Å². The van der Waals surface area contributed by atoms with Gasteiger partial charge in [0.15, 0.2) is 0 Å². The van der Waals surface area contributed by atoms with Crippen LogP contribution in [0.25, 0.3) is 0 Å². The molecular weight excluding hydrogens is 404 g/mol. The Labute approximate surface area is 182 Å². The van der Waals surface area contributed by atoms with E-state index in [9.17, 15) is 14.4 Å². The van der Waals surface area contributed by atoms with Crippen molar-refractivity contribution in [3.8, 4) is 0 Å². The zero-order chi connectivity index (χ0) is 21.6. The Balaban J connectivity index is 1.39. The number of carbonyl (C=O) groups is 3. The van der Waals surface area contributed by atoms with Crippen LogP contribution in [0.15, 0.2) is 12.3 Å². The van der Waals surface area contributed by atoms with E-state index in [0.29, 0.717) is 28.5 Å². The van der Waals surface area contributed by atoms with Crippen molar-refractivity contribution in [3.05, 3.63) is 23.0 Å².